The summed E-state index contributed by atoms with van der Waals surface area (Å²) in [7, 11) is -3.72. The molecular formula is C24H32N2O5S. The topological polar surface area (TPSA) is 84.9 Å². The van der Waals surface area contributed by atoms with Crippen LogP contribution in [0.15, 0.2) is 48.5 Å². The lowest BCUT2D eigenvalue weighted by molar-refractivity contribution is 0.00695. The molecule has 0 bridgehead atoms. The molecule has 2 aromatic carbocycles. The van der Waals surface area contributed by atoms with E-state index in [1.54, 1.807) is 57.2 Å². The molecule has 3 rings (SSSR count). The largest absolute Gasteiger partial charge is 0.490 e. The molecule has 0 saturated carbocycles. The predicted molar refractivity (Wildman–Crippen MR) is 125 cm³/mol. The average Bonchev–Trinajstić information content (AvgIpc) is 3.21. The van der Waals surface area contributed by atoms with Gasteiger partial charge in [0.15, 0.2) is 0 Å². The number of carbonyl (C=O) groups excluding carboxylic acids is 1. The van der Waals surface area contributed by atoms with Crippen LogP contribution in [0.1, 0.15) is 49.5 Å². The molecule has 0 amide bonds. The number of benzene rings is 2. The summed E-state index contributed by atoms with van der Waals surface area (Å²) in [5, 5.41) is 0. The lowest BCUT2D eigenvalue weighted by Gasteiger charge is -2.21. The van der Waals surface area contributed by atoms with Gasteiger partial charge in [0.25, 0.3) is 0 Å². The molecule has 0 unspecified atom stereocenters. The van der Waals surface area contributed by atoms with Gasteiger partial charge in [-0.2, -0.15) is 0 Å². The zero-order valence-electron chi connectivity index (χ0n) is 19.0. The van der Waals surface area contributed by atoms with Gasteiger partial charge in [0.05, 0.1) is 17.0 Å². The monoisotopic (exact) mass is 460 g/mol. The molecular weight excluding hydrogens is 428 g/mol. The van der Waals surface area contributed by atoms with Crippen molar-refractivity contribution in [3.05, 3.63) is 59.7 Å². The Kier molecular flexibility index (Phi) is 7.79. The Balaban J connectivity index is 1.79. The van der Waals surface area contributed by atoms with Gasteiger partial charge in [0.1, 0.15) is 18.0 Å². The van der Waals surface area contributed by atoms with Crippen molar-refractivity contribution in [2.75, 3.05) is 31.0 Å². The van der Waals surface area contributed by atoms with E-state index in [1.807, 2.05) is 6.07 Å². The second-order valence-electron chi connectivity index (χ2n) is 8.96. The molecule has 0 spiro atoms. The van der Waals surface area contributed by atoms with E-state index in [1.165, 1.54) is 18.9 Å². The molecule has 1 fully saturated rings. The summed E-state index contributed by atoms with van der Waals surface area (Å²) in [6.07, 6.45) is 2.38. The molecule has 174 valence electrons. The van der Waals surface area contributed by atoms with E-state index in [2.05, 4.69) is 9.62 Å². The van der Waals surface area contributed by atoms with Crippen LogP contribution in [0.5, 0.6) is 5.75 Å². The van der Waals surface area contributed by atoms with Gasteiger partial charge in [0, 0.05) is 6.54 Å². The molecule has 0 atom stereocenters. The van der Waals surface area contributed by atoms with Crippen molar-refractivity contribution in [3.63, 3.8) is 0 Å². The number of esters is 1. The molecule has 32 heavy (non-hydrogen) atoms. The van der Waals surface area contributed by atoms with Crippen LogP contribution >= 0.6 is 0 Å². The van der Waals surface area contributed by atoms with Gasteiger partial charge in [-0.1, -0.05) is 30.3 Å². The van der Waals surface area contributed by atoms with Crippen molar-refractivity contribution in [2.24, 2.45) is 0 Å². The standard InChI is InChI=1S/C24H32N2O5S/c1-24(2,3)31-23(27)20-11-12-22(30-16-15-26-13-7-8-14-26)21(17-20)25-32(28,29)18-19-9-5-4-6-10-19/h4-6,9-12,17,25H,7-8,13-16,18H2,1-3H3. The Morgan fingerprint density at radius 1 is 1.06 bits per heavy atom. The number of nitrogens with one attached hydrogen (secondary N) is 1. The van der Waals surface area contributed by atoms with E-state index < -0.39 is 21.6 Å². The third-order valence-corrected chi connectivity index (χ3v) is 6.19. The van der Waals surface area contributed by atoms with Crippen molar-refractivity contribution in [1.82, 2.24) is 4.90 Å². The summed E-state index contributed by atoms with van der Waals surface area (Å²) in [5.41, 5.74) is 0.490. The van der Waals surface area contributed by atoms with Crippen molar-refractivity contribution in [2.45, 2.75) is 45.0 Å². The van der Waals surface area contributed by atoms with Crippen LogP contribution in [-0.4, -0.2) is 51.1 Å². The van der Waals surface area contributed by atoms with Crippen LogP contribution in [0.2, 0.25) is 0 Å². The minimum Gasteiger partial charge on any atom is -0.490 e. The van der Waals surface area contributed by atoms with Crippen LogP contribution in [0.25, 0.3) is 0 Å². The van der Waals surface area contributed by atoms with Gasteiger partial charge < -0.3 is 9.47 Å². The molecule has 1 saturated heterocycles. The second-order valence-corrected chi connectivity index (χ2v) is 10.7. The number of hydrogen-bond donors (Lipinski definition) is 1. The number of nitrogens with zero attached hydrogens (tertiary/aromatic N) is 1. The fourth-order valence-electron chi connectivity index (χ4n) is 3.49. The first-order valence-corrected chi connectivity index (χ1v) is 12.5. The highest BCUT2D eigenvalue weighted by Gasteiger charge is 2.21. The van der Waals surface area contributed by atoms with Gasteiger partial charge in [-0.3, -0.25) is 9.62 Å². The van der Waals surface area contributed by atoms with Crippen LogP contribution in [0, 0.1) is 0 Å². The number of likely N-dealkylation sites (tertiary alicyclic amines) is 1. The van der Waals surface area contributed by atoms with Crippen molar-refractivity contribution < 1.29 is 22.7 Å². The summed E-state index contributed by atoms with van der Waals surface area (Å²) in [6, 6.07) is 13.6. The smallest absolute Gasteiger partial charge is 0.338 e. The molecule has 2 aromatic rings. The van der Waals surface area contributed by atoms with Crippen LogP contribution in [0.4, 0.5) is 5.69 Å². The van der Waals surface area contributed by atoms with Crippen LogP contribution in [0.3, 0.4) is 0 Å². The molecule has 0 radical (unpaired) electrons. The van der Waals surface area contributed by atoms with E-state index >= 15 is 0 Å². The first-order chi connectivity index (χ1) is 15.1. The lowest BCUT2D eigenvalue weighted by atomic mass is 10.1. The number of hydrogen-bond acceptors (Lipinski definition) is 6. The third-order valence-electron chi connectivity index (χ3n) is 4.94. The molecule has 7 nitrogen and oxygen atoms in total. The second kappa shape index (κ2) is 10.4. The third kappa shape index (κ3) is 7.53. The number of rotatable bonds is 9. The summed E-state index contributed by atoms with van der Waals surface area (Å²) in [6.45, 7) is 8.65. The Labute approximate surface area is 190 Å². The fourth-order valence-corrected chi connectivity index (χ4v) is 4.69. The predicted octanol–water partition coefficient (Wildman–Crippen LogP) is 4.06. The zero-order chi connectivity index (χ0) is 23.2. The average molecular weight is 461 g/mol. The van der Waals surface area contributed by atoms with Crippen LogP contribution < -0.4 is 9.46 Å². The minimum atomic E-state index is -3.72. The van der Waals surface area contributed by atoms with E-state index in [4.69, 9.17) is 9.47 Å². The number of carbonyl (C=O) groups is 1. The Morgan fingerprint density at radius 2 is 1.75 bits per heavy atom. The van der Waals surface area contributed by atoms with Crippen molar-refractivity contribution in [3.8, 4) is 5.75 Å². The van der Waals surface area contributed by atoms with Crippen LogP contribution in [-0.2, 0) is 20.5 Å². The summed E-state index contributed by atoms with van der Waals surface area (Å²) in [4.78, 5) is 14.8. The van der Waals surface area contributed by atoms with Gasteiger partial charge >= 0.3 is 5.97 Å². The molecule has 1 aliphatic heterocycles. The number of anilines is 1. The van der Waals surface area contributed by atoms with Gasteiger partial charge in [-0.15, -0.1) is 0 Å². The quantitative estimate of drug-likeness (QED) is 0.568. The maximum atomic E-state index is 12.8. The minimum absolute atomic E-state index is 0.183. The van der Waals surface area contributed by atoms with E-state index in [9.17, 15) is 13.2 Å². The Morgan fingerprint density at radius 3 is 2.41 bits per heavy atom. The van der Waals surface area contributed by atoms with Crippen molar-refractivity contribution in [1.29, 1.82) is 0 Å². The maximum absolute atomic E-state index is 12.8. The molecule has 1 aliphatic rings. The summed E-state index contributed by atoms with van der Waals surface area (Å²) < 4.78 is 39.6. The van der Waals surface area contributed by atoms with Gasteiger partial charge in [0.2, 0.25) is 10.0 Å². The molecule has 1 heterocycles. The van der Waals surface area contributed by atoms with E-state index in [0.29, 0.717) is 17.9 Å². The van der Waals surface area contributed by atoms with Gasteiger partial charge in [-0.25, -0.2) is 13.2 Å². The molecule has 0 aliphatic carbocycles. The highest BCUT2D eigenvalue weighted by molar-refractivity contribution is 7.91. The van der Waals surface area contributed by atoms with Crippen molar-refractivity contribution >= 4 is 21.7 Å². The highest BCUT2D eigenvalue weighted by atomic mass is 32.2. The van der Waals surface area contributed by atoms with Gasteiger partial charge in [-0.05, 0) is 70.5 Å². The normalized spacial score (nSPS) is 14.8. The van der Waals surface area contributed by atoms with E-state index in [-0.39, 0.29) is 17.0 Å². The highest BCUT2D eigenvalue weighted by Crippen LogP contribution is 2.29. The summed E-state index contributed by atoms with van der Waals surface area (Å²) >= 11 is 0. The maximum Gasteiger partial charge on any atom is 0.338 e. The fraction of sp³-hybridized carbons (Fsp3) is 0.458. The number of ether oxygens (including phenoxy) is 2. The Bertz CT molecular complexity index is 1010. The SMILES string of the molecule is CC(C)(C)OC(=O)c1ccc(OCCN2CCCC2)c(NS(=O)(=O)Cc2ccccc2)c1. The first-order valence-electron chi connectivity index (χ1n) is 10.9. The first kappa shape index (κ1) is 24.1. The molecule has 0 aromatic heterocycles. The summed E-state index contributed by atoms with van der Waals surface area (Å²) in [5.74, 6) is -0.324. The molecule has 8 heteroatoms. The van der Waals surface area contributed by atoms with E-state index in [0.717, 1.165) is 19.6 Å². The Hall–Kier alpha value is -2.58. The molecule has 1 N–H and O–H groups in total. The number of sulfonamides is 1. The zero-order valence-corrected chi connectivity index (χ0v) is 19.8. The lowest BCUT2D eigenvalue weighted by Crippen LogP contribution is -2.25.